The van der Waals surface area contributed by atoms with Crippen molar-refractivity contribution in [3.05, 3.63) is 65.1 Å². The predicted molar refractivity (Wildman–Crippen MR) is 114 cm³/mol. The number of carbonyl (C=O) groups is 1. The maximum absolute atomic E-state index is 12.6. The van der Waals surface area contributed by atoms with Crippen molar-refractivity contribution in [2.45, 2.75) is 32.6 Å². The Morgan fingerprint density at radius 3 is 2.70 bits per heavy atom. The Morgan fingerprint density at radius 1 is 1.03 bits per heavy atom. The summed E-state index contributed by atoms with van der Waals surface area (Å²) in [5.41, 5.74) is 1.93. The number of amides is 1. The number of hydrogen-bond donors (Lipinski definition) is 1. The minimum atomic E-state index is -0.162. The van der Waals surface area contributed by atoms with Crippen LogP contribution in [0.4, 0.5) is 0 Å². The van der Waals surface area contributed by atoms with E-state index in [-0.39, 0.29) is 5.91 Å². The van der Waals surface area contributed by atoms with Crippen LogP contribution in [0.5, 0.6) is 0 Å². The van der Waals surface area contributed by atoms with E-state index in [0.29, 0.717) is 35.3 Å². The molecule has 0 saturated heterocycles. The molecule has 0 bridgehead atoms. The SMILES string of the molecule is Cc1onc(-c2ccccc2)c1C(=O)NCCCCCc1nc(-c2cccs2)no1. The molecule has 0 radical (unpaired) electrons. The highest BCUT2D eigenvalue weighted by Gasteiger charge is 2.21. The number of nitrogens with one attached hydrogen (secondary N) is 1. The summed E-state index contributed by atoms with van der Waals surface area (Å²) in [7, 11) is 0. The molecule has 1 amide bonds. The number of benzene rings is 1. The summed E-state index contributed by atoms with van der Waals surface area (Å²) in [5.74, 6) is 1.65. The van der Waals surface area contributed by atoms with Crippen LogP contribution >= 0.6 is 11.3 Å². The zero-order chi connectivity index (χ0) is 20.8. The fraction of sp³-hybridized carbons (Fsp3) is 0.273. The van der Waals surface area contributed by atoms with E-state index in [4.69, 9.17) is 9.05 Å². The van der Waals surface area contributed by atoms with Crippen LogP contribution in [0, 0.1) is 6.92 Å². The second-order valence-corrected chi connectivity index (χ2v) is 7.83. The van der Waals surface area contributed by atoms with Gasteiger partial charge < -0.3 is 14.4 Å². The van der Waals surface area contributed by atoms with Crippen molar-refractivity contribution in [1.82, 2.24) is 20.6 Å². The molecule has 154 valence electrons. The largest absolute Gasteiger partial charge is 0.360 e. The molecule has 4 aromatic rings. The first kappa shape index (κ1) is 20.0. The van der Waals surface area contributed by atoms with Gasteiger partial charge in [-0.05, 0) is 31.2 Å². The van der Waals surface area contributed by atoms with Crippen LogP contribution in [-0.2, 0) is 6.42 Å². The highest BCUT2D eigenvalue weighted by atomic mass is 32.1. The average Bonchev–Trinajstić information content (AvgIpc) is 3.51. The minimum absolute atomic E-state index is 0.162. The number of rotatable bonds is 9. The molecule has 8 heteroatoms. The van der Waals surface area contributed by atoms with E-state index in [1.807, 2.05) is 47.8 Å². The van der Waals surface area contributed by atoms with Crippen molar-refractivity contribution in [1.29, 1.82) is 0 Å². The zero-order valence-corrected chi connectivity index (χ0v) is 17.4. The molecule has 0 saturated carbocycles. The van der Waals surface area contributed by atoms with Crippen molar-refractivity contribution in [2.75, 3.05) is 6.54 Å². The molecule has 3 aromatic heterocycles. The number of hydrogen-bond acceptors (Lipinski definition) is 7. The normalized spacial score (nSPS) is 11.0. The average molecular weight is 423 g/mol. The summed E-state index contributed by atoms with van der Waals surface area (Å²) < 4.78 is 10.6. The maximum Gasteiger partial charge on any atom is 0.257 e. The van der Waals surface area contributed by atoms with Gasteiger partial charge in [0.1, 0.15) is 17.0 Å². The Morgan fingerprint density at radius 2 is 1.90 bits per heavy atom. The quantitative estimate of drug-likeness (QED) is 0.385. The van der Waals surface area contributed by atoms with Gasteiger partial charge >= 0.3 is 0 Å². The van der Waals surface area contributed by atoms with Gasteiger partial charge in [-0.25, -0.2) is 0 Å². The van der Waals surface area contributed by atoms with Crippen molar-refractivity contribution in [3.63, 3.8) is 0 Å². The predicted octanol–water partition coefficient (Wildman–Crippen LogP) is 4.90. The standard InChI is InChI=1S/C22H22N4O3S/c1-15-19(20(25-28-15)16-9-4-2-5-10-16)22(27)23-13-7-3-6-12-18-24-21(26-29-18)17-11-8-14-30-17/h2,4-5,8-11,14H,3,6-7,12-13H2,1H3,(H,23,27). The highest BCUT2D eigenvalue weighted by molar-refractivity contribution is 7.13. The third-order valence-corrected chi connectivity index (χ3v) is 5.57. The molecule has 0 unspecified atom stereocenters. The van der Waals surface area contributed by atoms with Gasteiger partial charge in [-0.2, -0.15) is 4.98 Å². The van der Waals surface area contributed by atoms with Gasteiger partial charge in [-0.1, -0.05) is 53.1 Å². The van der Waals surface area contributed by atoms with E-state index in [1.54, 1.807) is 18.3 Å². The maximum atomic E-state index is 12.6. The van der Waals surface area contributed by atoms with Gasteiger partial charge in [0.15, 0.2) is 0 Å². The third kappa shape index (κ3) is 4.65. The molecule has 7 nitrogen and oxygen atoms in total. The summed E-state index contributed by atoms with van der Waals surface area (Å²) in [6.45, 7) is 2.34. The first-order valence-corrected chi connectivity index (χ1v) is 10.8. The van der Waals surface area contributed by atoms with Crippen LogP contribution in [0.25, 0.3) is 22.0 Å². The second-order valence-electron chi connectivity index (χ2n) is 6.88. The first-order chi connectivity index (χ1) is 14.7. The summed E-state index contributed by atoms with van der Waals surface area (Å²) >= 11 is 1.59. The molecule has 0 aliphatic heterocycles. The Labute approximate surface area is 178 Å². The molecular formula is C22H22N4O3S. The topological polar surface area (TPSA) is 94.1 Å². The lowest BCUT2D eigenvalue weighted by Crippen LogP contribution is -2.25. The van der Waals surface area contributed by atoms with Crippen molar-refractivity contribution >= 4 is 17.2 Å². The molecule has 1 N–H and O–H groups in total. The van der Waals surface area contributed by atoms with Gasteiger partial charge in [0.2, 0.25) is 11.7 Å². The Kier molecular flexibility index (Phi) is 6.34. The van der Waals surface area contributed by atoms with Gasteiger partial charge in [0.25, 0.3) is 5.91 Å². The molecule has 0 spiro atoms. The molecule has 0 aliphatic carbocycles. The molecular weight excluding hydrogens is 400 g/mol. The fourth-order valence-corrected chi connectivity index (χ4v) is 3.81. The Bertz CT molecular complexity index is 1090. The van der Waals surface area contributed by atoms with Crippen LogP contribution in [0.1, 0.15) is 41.3 Å². The molecule has 30 heavy (non-hydrogen) atoms. The molecule has 3 heterocycles. The van der Waals surface area contributed by atoms with E-state index < -0.39 is 0 Å². The van der Waals surface area contributed by atoms with E-state index in [1.165, 1.54) is 0 Å². The van der Waals surface area contributed by atoms with Gasteiger partial charge in [0.05, 0.1) is 4.88 Å². The monoisotopic (exact) mass is 422 g/mol. The minimum Gasteiger partial charge on any atom is -0.360 e. The van der Waals surface area contributed by atoms with E-state index >= 15 is 0 Å². The van der Waals surface area contributed by atoms with Gasteiger partial charge in [0, 0.05) is 18.5 Å². The van der Waals surface area contributed by atoms with E-state index in [0.717, 1.165) is 36.1 Å². The van der Waals surface area contributed by atoms with Crippen LogP contribution in [-0.4, -0.2) is 27.7 Å². The summed E-state index contributed by atoms with van der Waals surface area (Å²) in [6.07, 6.45) is 3.46. The second kappa shape index (κ2) is 9.49. The summed E-state index contributed by atoms with van der Waals surface area (Å²) in [6, 6.07) is 13.5. The summed E-state index contributed by atoms with van der Waals surface area (Å²) in [4.78, 5) is 18.1. The Hall–Kier alpha value is -3.26. The number of aromatic nitrogens is 3. The number of thiophene rings is 1. The lowest BCUT2D eigenvalue weighted by Gasteiger charge is -2.05. The highest BCUT2D eigenvalue weighted by Crippen LogP contribution is 2.25. The molecule has 1 aromatic carbocycles. The first-order valence-electron chi connectivity index (χ1n) is 9.88. The summed E-state index contributed by atoms with van der Waals surface area (Å²) in [5, 5.41) is 13.0. The van der Waals surface area contributed by atoms with Crippen LogP contribution in [0.3, 0.4) is 0 Å². The molecule has 0 aliphatic rings. The zero-order valence-electron chi connectivity index (χ0n) is 16.6. The van der Waals surface area contributed by atoms with Gasteiger partial charge in [-0.15, -0.1) is 11.3 Å². The van der Waals surface area contributed by atoms with Crippen LogP contribution < -0.4 is 5.32 Å². The molecule has 0 atom stereocenters. The third-order valence-electron chi connectivity index (χ3n) is 4.70. The number of aryl methyl sites for hydroxylation is 2. The van der Waals surface area contributed by atoms with Crippen LogP contribution in [0.15, 0.2) is 56.9 Å². The number of unbranched alkanes of at least 4 members (excludes halogenated alkanes) is 2. The van der Waals surface area contributed by atoms with Crippen molar-refractivity contribution in [2.24, 2.45) is 0 Å². The van der Waals surface area contributed by atoms with Gasteiger partial charge in [-0.3, -0.25) is 4.79 Å². The van der Waals surface area contributed by atoms with Crippen molar-refractivity contribution in [3.8, 4) is 22.0 Å². The lowest BCUT2D eigenvalue weighted by atomic mass is 10.1. The van der Waals surface area contributed by atoms with E-state index in [2.05, 4.69) is 20.6 Å². The van der Waals surface area contributed by atoms with Crippen LogP contribution in [0.2, 0.25) is 0 Å². The smallest absolute Gasteiger partial charge is 0.257 e. The molecule has 4 rings (SSSR count). The van der Waals surface area contributed by atoms with E-state index in [9.17, 15) is 4.79 Å². The number of nitrogens with zero attached hydrogens (tertiary/aromatic N) is 3. The molecule has 0 fully saturated rings. The fourth-order valence-electron chi connectivity index (χ4n) is 3.16. The lowest BCUT2D eigenvalue weighted by molar-refractivity contribution is 0.0952. The van der Waals surface area contributed by atoms with Crippen molar-refractivity contribution < 1.29 is 13.8 Å². The Balaban J connectivity index is 1.22. The number of carbonyl (C=O) groups excluding carboxylic acids is 1.